The van der Waals surface area contributed by atoms with Crippen molar-refractivity contribution in [3.63, 3.8) is 0 Å². The van der Waals surface area contributed by atoms with Crippen LogP contribution in [0.25, 0.3) is 0 Å². The van der Waals surface area contributed by atoms with Crippen molar-refractivity contribution in [3.05, 3.63) is 0 Å². The van der Waals surface area contributed by atoms with Gasteiger partial charge in [0.05, 0.1) is 6.61 Å². The fourth-order valence-corrected chi connectivity index (χ4v) is 1.03. The van der Waals surface area contributed by atoms with Crippen LogP contribution in [0.15, 0.2) is 0 Å². The minimum atomic E-state index is -0.398. The summed E-state index contributed by atoms with van der Waals surface area (Å²) in [5.41, 5.74) is 5.39. The SMILES string of the molecule is CN1CCOC(C)(N)CC1. The van der Waals surface area contributed by atoms with Crippen LogP contribution in [-0.2, 0) is 4.74 Å². The number of hydrogen-bond donors (Lipinski definition) is 1. The molecule has 0 aliphatic carbocycles. The molecule has 1 aliphatic heterocycles. The lowest BCUT2D eigenvalue weighted by molar-refractivity contribution is -0.0184. The Bertz CT molecular complexity index is 114. The van der Waals surface area contributed by atoms with Gasteiger partial charge >= 0.3 is 0 Å². The second-order valence-corrected chi connectivity index (χ2v) is 3.21. The third-order valence-electron chi connectivity index (χ3n) is 1.89. The van der Waals surface area contributed by atoms with E-state index in [0.717, 1.165) is 26.1 Å². The zero-order valence-electron chi connectivity index (χ0n) is 6.76. The maximum Gasteiger partial charge on any atom is 0.115 e. The van der Waals surface area contributed by atoms with Crippen LogP contribution >= 0.6 is 0 Å². The molecule has 1 saturated heterocycles. The zero-order chi connectivity index (χ0) is 7.61. The largest absolute Gasteiger partial charge is 0.360 e. The van der Waals surface area contributed by atoms with E-state index in [1.54, 1.807) is 0 Å². The lowest BCUT2D eigenvalue weighted by Crippen LogP contribution is -2.39. The molecule has 1 atom stereocenters. The summed E-state index contributed by atoms with van der Waals surface area (Å²) in [5.74, 6) is 0. The minimum absolute atomic E-state index is 0.398. The first kappa shape index (κ1) is 7.98. The highest BCUT2D eigenvalue weighted by molar-refractivity contribution is 4.71. The van der Waals surface area contributed by atoms with E-state index < -0.39 is 5.72 Å². The first-order valence-electron chi connectivity index (χ1n) is 3.71. The van der Waals surface area contributed by atoms with Crippen LogP contribution < -0.4 is 5.73 Å². The molecule has 0 spiro atoms. The van der Waals surface area contributed by atoms with Crippen molar-refractivity contribution < 1.29 is 4.74 Å². The van der Waals surface area contributed by atoms with E-state index in [9.17, 15) is 0 Å². The number of rotatable bonds is 0. The topological polar surface area (TPSA) is 38.5 Å². The van der Waals surface area contributed by atoms with Gasteiger partial charge in [-0.25, -0.2) is 0 Å². The molecule has 0 aromatic rings. The molecule has 60 valence electrons. The normalized spacial score (nSPS) is 37.5. The Balaban J connectivity index is 2.41. The van der Waals surface area contributed by atoms with Crippen molar-refractivity contribution in [1.29, 1.82) is 0 Å². The number of nitrogens with two attached hydrogens (primary N) is 1. The summed E-state index contributed by atoms with van der Waals surface area (Å²) in [6.45, 7) is 4.72. The fourth-order valence-electron chi connectivity index (χ4n) is 1.03. The summed E-state index contributed by atoms with van der Waals surface area (Å²) in [6, 6.07) is 0. The average Bonchev–Trinajstić information content (AvgIpc) is 1.94. The smallest absolute Gasteiger partial charge is 0.115 e. The third kappa shape index (κ3) is 2.25. The number of ether oxygens (including phenoxy) is 1. The van der Waals surface area contributed by atoms with Crippen molar-refractivity contribution in [2.45, 2.75) is 19.1 Å². The van der Waals surface area contributed by atoms with Gasteiger partial charge in [-0.2, -0.15) is 0 Å². The van der Waals surface area contributed by atoms with Crippen LogP contribution in [0.3, 0.4) is 0 Å². The maximum atomic E-state index is 5.79. The zero-order valence-corrected chi connectivity index (χ0v) is 6.76. The lowest BCUT2D eigenvalue weighted by atomic mass is 10.2. The molecule has 0 amide bonds. The Hall–Kier alpha value is -0.120. The molecule has 0 aromatic carbocycles. The Morgan fingerprint density at radius 3 is 2.90 bits per heavy atom. The van der Waals surface area contributed by atoms with Crippen molar-refractivity contribution in [2.75, 3.05) is 26.7 Å². The molecule has 3 nitrogen and oxygen atoms in total. The highest BCUT2D eigenvalue weighted by atomic mass is 16.5. The Labute approximate surface area is 62.1 Å². The van der Waals surface area contributed by atoms with Gasteiger partial charge in [-0.15, -0.1) is 0 Å². The van der Waals surface area contributed by atoms with E-state index in [4.69, 9.17) is 10.5 Å². The molecule has 1 unspecified atom stereocenters. The third-order valence-corrected chi connectivity index (χ3v) is 1.89. The van der Waals surface area contributed by atoms with Gasteiger partial charge in [0, 0.05) is 19.5 Å². The van der Waals surface area contributed by atoms with Crippen LogP contribution in [0.1, 0.15) is 13.3 Å². The summed E-state index contributed by atoms with van der Waals surface area (Å²) in [7, 11) is 2.09. The van der Waals surface area contributed by atoms with Crippen LogP contribution in [0, 0.1) is 0 Å². The van der Waals surface area contributed by atoms with Crippen LogP contribution in [-0.4, -0.2) is 37.4 Å². The second kappa shape index (κ2) is 2.86. The molecule has 0 radical (unpaired) electrons. The maximum absolute atomic E-state index is 5.79. The highest BCUT2D eigenvalue weighted by Gasteiger charge is 2.22. The van der Waals surface area contributed by atoms with Crippen LogP contribution in [0.4, 0.5) is 0 Å². The Kier molecular flexibility index (Phi) is 2.28. The molecule has 1 rings (SSSR count). The van der Waals surface area contributed by atoms with Crippen LogP contribution in [0.2, 0.25) is 0 Å². The molecular weight excluding hydrogens is 128 g/mol. The predicted octanol–water partition coefficient (Wildman–Crippen LogP) is 0.0134. The van der Waals surface area contributed by atoms with E-state index in [2.05, 4.69) is 11.9 Å². The first-order chi connectivity index (χ1) is 4.60. The number of likely N-dealkylation sites (N-methyl/N-ethyl adjacent to an activating group) is 1. The fraction of sp³-hybridized carbons (Fsp3) is 1.00. The second-order valence-electron chi connectivity index (χ2n) is 3.21. The quantitative estimate of drug-likeness (QED) is 0.520. The molecule has 0 bridgehead atoms. The minimum Gasteiger partial charge on any atom is -0.360 e. The average molecular weight is 144 g/mol. The summed E-state index contributed by atoms with van der Waals surface area (Å²) in [5, 5.41) is 0. The Morgan fingerprint density at radius 2 is 2.20 bits per heavy atom. The van der Waals surface area contributed by atoms with Crippen molar-refractivity contribution in [2.24, 2.45) is 5.73 Å². The summed E-state index contributed by atoms with van der Waals surface area (Å²) in [4.78, 5) is 2.23. The molecular formula is C7H16N2O. The van der Waals surface area contributed by atoms with Gasteiger partial charge in [-0.3, -0.25) is 0 Å². The van der Waals surface area contributed by atoms with Gasteiger partial charge in [0.15, 0.2) is 0 Å². The molecule has 0 aromatic heterocycles. The highest BCUT2D eigenvalue weighted by Crippen LogP contribution is 2.11. The standard InChI is InChI=1S/C7H16N2O/c1-7(8)3-4-9(2)5-6-10-7/h3-6,8H2,1-2H3. The molecule has 1 fully saturated rings. The summed E-state index contributed by atoms with van der Waals surface area (Å²) in [6.07, 6.45) is 0.920. The van der Waals surface area contributed by atoms with E-state index in [1.807, 2.05) is 6.92 Å². The molecule has 2 N–H and O–H groups in total. The van der Waals surface area contributed by atoms with Crippen molar-refractivity contribution in [1.82, 2.24) is 4.90 Å². The summed E-state index contributed by atoms with van der Waals surface area (Å²) >= 11 is 0. The predicted molar refractivity (Wildman–Crippen MR) is 40.7 cm³/mol. The van der Waals surface area contributed by atoms with E-state index in [1.165, 1.54) is 0 Å². The van der Waals surface area contributed by atoms with Gasteiger partial charge < -0.3 is 15.4 Å². The first-order valence-corrected chi connectivity index (χ1v) is 3.71. The monoisotopic (exact) mass is 144 g/mol. The molecule has 10 heavy (non-hydrogen) atoms. The molecule has 3 heteroatoms. The van der Waals surface area contributed by atoms with Gasteiger partial charge in [0.25, 0.3) is 0 Å². The van der Waals surface area contributed by atoms with E-state index in [-0.39, 0.29) is 0 Å². The number of hydrogen-bond acceptors (Lipinski definition) is 3. The van der Waals surface area contributed by atoms with Crippen molar-refractivity contribution >= 4 is 0 Å². The van der Waals surface area contributed by atoms with E-state index >= 15 is 0 Å². The van der Waals surface area contributed by atoms with Crippen molar-refractivity contribution in [3.8, 4) is 0 Å². The van der Waals surface area contributed by atoms with Gasteiger partial charge in [-0.1, -0.05) is 0 Å². The lowest BCUT2D eigenvalue weighted by Gasteiger charge is -2.21. The van der Waals surface area contributed by atoms with Gasteiger partial charge in [0.1, 0.15) is 5.72 Å². The van der Waals surface area contributed by atoms with Crippen LogP contribution in [0.5, 0.6) is 0 Å². The van der Waals surface area contributed by atoms with Gasteiger partial charge in [0.2, 0.25) is 0 Å². The summed E-state index contributed by atoms with van der Waals surface area (Å²) < 4.78 is 5.40. The molecule has 1 aliphatic rings. The Morgan fingerprint density at radius 1 is 1.50 bits per heavy atom. The van der Waals surface area contributed by atoms with Gasteiger partial charge in [-0.05, 0) is 14.0 Å². The number of nitrogens with zero attached hydrogens (tertiary/aromatic N) is 1. The molecule has 0 saturated carbocycles. The molecule has 1 heterocycles. The van der Waals surface area contributed by atoms with E-state index in [0.29, 0.717) is 0 Å².